The number of hydrogen-bond donors (Lipinski definition) is 1. The van der Waals surface area contributed by atoms with Crippen molar-refractivity contribution < 1.29 is 0 Å². The molecule has 2 rings (SSSR count). The molecule has 3 heteroatoms. The molecule has 0 radical (unpaired) electrons. The van der Waals surface area contributed by atoms with Gasteiger partial charge in [-0.15, -0.1) is 0 Å². The van der Waals surface area contributed by atoms with Crippen LogP contribution in [0.1, 0.15) is 25.3 Å². The van der Waals surface area contributed by atoms with Crippen LogP contribution in [0.4, 0.5) is 5.82 Å². The molecule has 82 valence electrons. The molecule has 3 nitrogen and oxygen atoms in total. The summed E-state index contributed by atoms with van der Waals surface area (Å²) in [4.78, 5) is 6.41. The van der Waals surface area contributed by atoms with Crippen molar-refractivity contribution >= 4 is 5.82 Å². The average molecular weight is 205 g/mol. The third-order valence-electron chi connectivity index (χ3n) is 3.50. The molecule has 0 aromatic carbocycles. The quantitative estimate of drug-likeness (QED) is 0.797. The zero-order valence-corrected chi connectivity index (χ0v) is 9.86. The molecule has 1 aromatic heterocycles. The van der Waals surface area contributed by atoms with Gasteiger partial charge < -0.3 is 10.6 Å². The average Bonchev–Trinajstić information content (AvgIpc) is 2.66. The van der Waals surface area contributed by atoms with Gasteiger partial charge in [-0.05, 0) is 17.0 Å². The number of nitrogens with two attached hydrogens (primary N) is 1. The fraction of sp³-hybridized carbons (Fsp3) is 0.583. The maximum absolute atomic E-state index is 6.04. The normalized spacial score (nSPS) is 27.5. The number of nitrogens with zero attached hydrogens (tertiary/aromatic N) is 2. The zero-order valence-electron chi connectivity index (χ0n) is 9.86. The second kappa shape index (κ2) is 3.20. The summed E-state index contributed by atoms with van der Waals surface area (Å²) in [5.74, 6) is 1.46. The lowest BCUT2D eigenvalue weighted by atomic mass is 10.1. The SMILES string of the molecule is CN(C)c1ccc(C2C(N)C2(C)C)cn1. The molecule has 0 aliphatic heterocycles. The molecule has 1 aromatic rings. The van der Waals surface area contributed by atoms with Gasteiger partial charge in [0.1, 0.15) is 5.82 Å². The van der Waals surface area contributed by atoms with Crippen molar-refractivity contribution in [2.24, 2.45) is 11.1 Å². The number of aromatic nitrogens is 1. The second-order valence-electron chi connectivity index (χ2n) is 5.17. The van der Waals surface area contributed by atoms with E-state index < -0.39 is 0 Å². The molecule has 1 aliphatic rings. The van der Waals surface area contributed by atoms with E-state index in [2.05, 4.69) is 31.0 Å². The first-order valence-electron chi connectivity index (χ1n) is 5.33. The van der Waals surface area contributed by atoms with Gasteiger partial charge in [-0.2, -0.15) is 0 Å². The van der Waals surface area contributed by atoms with E-state index in [9.17, 15) is 0 Å². The van der Waals surface area contributed by atoms with E-state index in [-0.39, 0.29) is 11.5 Å². The largest absolute Gasteiger partial charge is 0.363 e. The molecule has 1 saturated carbocycles. The minimum atomic E-state index is 0.237. The van der Waals surface area contributed by atoms with Gasteiger partial charge in [-0.1, -0.05) is 19.9 Å². The summed E-state index contributed by atoms with van der Waals surface area (Å²) < 4.78 is 0. The maximum Gasteiger partial charge on any atom is 0.127 e. The Hall–Kier alpha value is -1.09. The fourth-order valence-corrected chi connectivity index (χ4v) is 2.16. The van der Waals surface area contributed by atoms with E-state index in [1.807, 2.05) is 25.2 Å². The number of hydrogen-bond acceptors (Lipinski definition) is 3. The first kappa shape index (κ1) is 10.4. The lowest BCUT2D eigenvalue weighted by Gasteiger charge is -2.11. The van der Waals surface area contributed by atoms with Crippen molar-refractivity contribution in [2.75, 3.05) is 19.0 Å². The Balaban J connectivity index is 2.19. The van der Waals surface area contributed by atoms with E-state index in [0.717, 1.165) is 5.82 Å². The molecular formula is C12H19N3. The monoisotopic (exact) mass is 205 g/mol. The van der Waals surface area contributed by atoms with E-state index in [1.165, 1.54) is 5.56 Å². The minimum Gasteiger partial charge on any atom is -0.363 e. The van der Waals surface area contributed by atoms with Crippen LogP contribution in [0.2, 0.25) is 0 Å². The van der Waals surface area contributed by atoms with Gasteiger partial charge in [0.15, 0.2) is 0 Å². The Morgan fingerprint density at radius 3 is 2.27 bits per heavy atom. The molecular weight excluding hydrogens is 186 g/mol. The summed E-state index contributed by atoms with van der Waals surface area (Å²) in [7, 11) is 3.99. The molecule has 15 heavy (non-hydrogen) atoms. The molecule has 0 saturated heterocycles. The first-order chi connectivity index (χ1) is 6.94. The van der Waals surface area contributed by atoms with Crippen molar-refractivity contribution in [2.45, 2.75) is 25.8 Å². The summed E-state index contributed by atoms with van der Waals surface area (Å²) in [5.41, 5.74) is 7.54. The van der Waals surface area contributed by atoms with E-state index in [1.54, 1.807) is 0 Å². The van der Waals surface area contributed by atoms with Gasteiger partial charge in [-0.25, -0.2) is 4.98 Å². The summed E-state index contributed by atoms with van der Waals surface area (Å²) in [5, 5.41) is 0. The standard InChI is InChI=1S/C12H19N3/c1-12(2)10(11(12)13)8-5-6-9(14-7-8)15(3)4/h5-7,10-11H,13H2,1-4H3. The van der Waals surface area contributed by atoms with Gasteiger partial charge in [0.2, 0.25) is 0 Å². The predicted molar refractivity (Wildman–Crippen MR) is 63.1 cm³/mol. The highest BCUT2D eigenvalue weighted by Gasteiger charge is 2.56. The summed E-state index contributed by atoms with van der Waals surface area (Å²) >= 11 is 0. The van der Waals surface area contributed by atoms with Crippen LogP contribution in [0.3, 0.4) is 0 Å². The van der Waals surface area contributed by atoms with E-state index >= 15 is 0 Å². The summed E-state index contributed by atoms with van der Waals surface area (Å²) in [6.07, 6.45) is 1.95. The van der Waals surface area contributed by atoms with Crippen LogP contribution < -0.4 is 10.6 Å². The van der Waals surface area contributed by atoms with Gasteiger partial charge in [0.05, 0.1) is 0 Å². The lowest BCUT2D eigenvalue weighted by molar-refractivity contribution is 0.598. The molecule has 1 aliphatic carbocycles. The van der Waals surface area contributed by atoms with Crippen LogP contribution in [0, 0.1) is 5.41 Å². The first-order valence-corrected chi connectivity index (χ1v) is 5.33. The van der Waals surface area contributed by atoms with Crippen molar-refractivity contribution in [1.29, 1.82) is 0 Å². The maximum atomic E-state index is 6.04. The third kappa shape index (κ3) is 1.61. The highest BCUT2D eigenvalue weighted by atomic mass is 15.1. The van der Waals surface area contributed by atoms with E-state index in [4.69, 9.17) is 5.73 Å². The number of anilines is 1. The summed E-state index contributed by atoms with van der Waals surface area (Å²) in [6.45, 7) is 4.42. The van der Waals surface area contributed by atoms with Crippen molar-refractivity contribution in [3.8, 4) is 0 Å². The Morgan fingerprint density at radius 1 is 1.33 bits per heavy atom. The number of rotatable bonds is 2. The molecule has 1 heterocycles. The Kier molecular flexibility index (Phi) is 2.23. The third-order valence-corrected chi connectivity index (χ3v) is 3.50. The molecule has 1 fully saturated rings. The van der Waals surface area contributed by atoms with E-state index in [0.29, 0.717) is 5.92 Å². The minimum absolute atomic E-state index is 0.237. The molecule has 2 unspecified atom stereocenters. The fourth-order valence-electron chi connectivity index (χ4n) is 2.16. The van der Waals surface area contributed by atoms with Crippen molar-refractivity contribution in [3.05, 3.63) is 23.9 Å². The predicted octanol–water partition coefficient (Wildman–Crippen LogP) is 1.60. The van der Waals surface area contributed by atoms with Crippen LogP contribution in [-0.4, -0.2) is 25.1 Å². The van der Waals surface area contributed by atoms with Gasteiger partial charge in [-0.3, -0.25) is 0 Å². The van der Waals surface area contributed by atoms with Crippen molar-refractivity contribution in [1.82, 2.24) is 4.98 Å². The highest BCUT2D eigenvalue weighted by Crippen LogP contribution is 2.57. The molecule has 0 spiro atoms. The second-order valence-corrected chi connectivity index (χ2v) is 5.17. The Labute approximate surface area is 91.3 Å². The Bertz CT molecular complexity index is 354. The topological polar surface area (TPSA) is 42.1 Å². The summed E-state index contributed by atoms with van der Waals surface area (Å²) in [6, 6.07) is 4.47. The molecule has 0 amide bonds. The van der Waals surface area contributed by atoms with Crippen LogP contribution in [-0.2, 0) is 0 Å². The molecule has 2 atom stereocenters. The lowest BCUT2D eigenvalue weighted by Crippen LogP contribution is -2.10. The number of pyridine rings is 1. The van der Waals surface area contributed by atoms with Crippen molar-refractivity contribution in [3.63, 3.8) is 0 Å². The van der Waals surface area contributed by atoms with Gasteiger partial charge >= 0.3 is 0 Å². The van der Waals surface area contributed by atoms with Gasteiger partial charge in [0.25, 0.3) is 0 Å². The van der Waals surface area contributed by atoms with Crippen LogP contribution in [0.25, 0.3) is 0 Å². The zero-order chi connectivity index (χ0) is 11.2. The smallest absolute Gasteiger partial charge is 0.127 e. The molecule has 2 N–H and O–H groups in total. The van der Waals surface area contributed by atoms with Gasteiger partial charge in [0, 0.05) is 32.3 Å². The van der Waals surface area contributed by atoms with Crippen LogP contribution in [0.5, 0.6) is 0 Å². The molecule has 0 bridgehead atoms. The Morgan fingerprint density at radius 2 is 1.93 bits per heavy atom. The highest BCUT2D eigenvalue weighted by molar-refractivity contribution is 5.41. The van der Waals surface area contributed by atoms with Crippen LogP contribution in [0.15, 0.2) is 18.3 Å². The van der Waals surface area contributed by atoms with Crippen LogP contribution >= 0.6 is 0 Å².